The second kappa shape index (κ2) is 9.93. The number of carbonyl (C=O) groups excluding carboxylic acids is 1. The molecule has 4 rings (SSSR count). The zero-order valence-electron chi connectivity index (χ0n) is 19.3. The van der Waals surface area contributed by atoms with Crippen LogP contribution < -0.4 is 15.4 Å². The van der Waals surface area contributed by atoms with Crippen LogP contribution in [0, 0.1) is 13.8 Å². The van der Waals surface area contributed by atoms with E-state index in [1.165, 1.54) is 12.0 Å². The van der Waals surface area contributed by atoms with E-state index < -0.39 is 0 Å². The molecule has 174 valence electrons. The molecule has 0 spiro atoms. The highest BCUT2D eigenvalue weighted by molar-refractivity contribution is 7.80. The monoisotopic (exact) mass is 484 g/mol. The van der Waals surface area contributed by atoms with Crippen LogP contribution >= 0.6 is 23.6 Å². The fourth-order valence-corrected chi connectivity index (χ4v) is 5.75. The third-order valence-corrected chi connectivity index (χ3v) is 7.29. The Morgan fingerprint density at radius 1 is 1.21 bits per heavy atom. The van der Waals surface area contributed by atoms with Gasteiger partial charge >= 0.3 is 5.97 Å². The maximum atomic E-state index is 12.5. The Bertz CT molecular complexity index is 1200. The van der Waals surface area contributed by atoms with Gasteiger partial charge in [0.05, 0.1) is 43.4 Å². The Balaban J connectivity index is 1.53. The summed E-state index contributed by atoms with van der Waals surface area (Å²) in [4.78, 5) is 13.7. The fourth-order valence-electron chi connectivity index (χ4n) is 4.20. The molecule has 0 radical (unpaired) electrons. The summed E-state index contributed by atoms with van der Waals surface area (Å²) < 4.78 is 12.3. The van der Waals surface area contributed by atoms with Gasteiger partial charge in [-0.2, -0.15) is 5.10 Å². The van der Waals surface area contributed by atoms with Gasteiger partial charge in [-0.05, 0) is 75.0 Å². The van der Waals surface area contributed by atoms with Crippen LogP contribution in [0.3, 0.4) is 0 Å². The summed E-state index contributed by atoms with van der Waals surface area (Å²) in [6, 6.07) is 7.94. The number of carbonyl (C=O) groups is 1. The lowest BCUT2D eigenvalue weighted by Gasteiger charge is -2.13. The Hall–Kier alpha value is -2.91. The summed E-state index contributed by atoms with van der Waals surface area (Å²) in [5.41, 5.74) is 5.48. The summed E-state index contributed by atoms with van der Waals surface area (Å²) in [5, 5.41) is 12.4. The Morgan fingerprint density at radius 2 is 2.00 bits per heavy atom. The highest BCUT2D eigenvalue weighted by atomic mass is 32.1. The molecule has 0 saturated heterocycles. The summed E-state index contributed by atoms with van der Waals surface area (Å²) in [7, 11) is 3.08. The number of methoxy groups -OCH3 is 2. The smallest absolute Gasteiger partial charge is 0.341 e. The van der Waals surface area contributed by atoms with E-state index >= 15 is 0 Å². The molecule has 2 N–H and O–H groups in total. The third kappa shape index (κ3) is 4.89. The second-order valence-corrected chi connectivity index (χ2v) is 9.55. The van der Waals surface area contributed by atoms with Crippen molar-refractivity contribution in [2.24, 2.45) is 0 Å². The molecule has 0 amide bonds. The van der Waals surface area contributed by atoms with Gasteiger partial charge in [-0.25, -0.2) is 4.79 Å². The van der Waals surface area contributed by atoms with Crippen LogP contribution in [0.25, 0.3) is 0 Å². The minimum Gasteiger partial charge on any atom is -0.497 e. The predicted molar refractivity (Wildman–Crippen MR) is 136 cm³/mol. The number of anilines is 2. The van der Waals surface area contributed by atoms with Crippen molar-refractivity contribution in [3.63, 3.8) is 0 Å². The SMILES string of the molecule is COC(=O)c1c(NC(=S)Nc2c(C)nn(Cc3cccc(OC)c3)c2C)sc2c1CCCC2. The number of benzene rings is 1. The molecule has 3 aromatic rings. The molecule has 0 unspecified atom stereocenters. The van der Waals surface area contributed by atoms with E-state index in [1.54, 1.807) is 18.4 Å². The van der Waals surface area contributed by atoms with E-state index in [9.17, 15) is 4.79 Å². The summed E-state index contributed by atoms with van der Waals surface area (Å²) >= 11 is 7.20. The van der Waals surface area contributed by atoms with Gasteiger partial charge in [0.2, 0.25) is 0 Å². The first-order valence-corrected chi connectivity index (χ1v) is 12.1. The maximum Gasteiger partial charge on any atom is 0.341 e. The predicted octanol–water partition coefficient (Wildman–Crippen LogP) is 5.09. The van der Waals surface area contributed by atoms with E-state index in [1.807, 2.05) is 42.8 Å². The number of aryl methyl sites for hydroxylation is 2. The van der Waals surface area contributed by atoms with Crippen molar-refractivity contribution < 1.29 is 14.3 Å². The third-order valence-electron chi connectivity index (χ3n) is 5.87. The van der Waals surface area contributed by atoms with E-state index in [4.69, 9.17) is 21.7 Å². The number of hydrogen-bond donors (Lipinski definition) is 2. The molecule has 2 aromatic heterocycles. The summed E-state index contributed by atoms with van der Waals surface area (Å²) in [5.74, 6) is 0.496. The average molecular weight is 485 g/mol. The molecule has 33 heavy (non-hydrogen) atoms. The molecule has 0 aliphatic heterocycles. The lowest BCUT2D eigenvalue weighted by Crippen LogP contribution is -2.21. The van der Waals surface area contributed by atoms with Crippen LogP contribution in [-0.2, 0) is 24.1 Å². The van der Waals surface area contributed by atoms with Gasteiger partial charge in [-0.3, -0.25) is 4.68 Å². The van der Waals surface area contributed by atoms with E-state index in [0.29, 0.717) is 17.2 Å². The number of thiophene rings is 1. The van der Waals surface area contributed by atoms with E-state index in [-0.39, 0.29) is 5.97 Å². The molecule has 1 aliphatic rings. The van der Waals surface area contributed by atoms with Gasteiger partial charge in [-0.15, -0.1) is 11.3 Å². The number of hydrogen-bond acceptors (Lipinski definition) is 6. The topological polar surface area (TPSA) is 77.4 Å². The Labute approximate surface area is 203 Å². The number of esters is 1. The van der Waals surface area contributed by atoms with Gasteiger partial charge in [0.25, 0.3) is 0 Å². The number of rotatable bonds is 6. The zero-order chi connectivity index (χ0) is 23.5. The van der Waals surface area contributed by atoms with E-state index in [2.05, 4.69) is 15.7 Å². The zero-order valence-corrected chi connectivity index (χ0v) is 20.9. The van der Waals surface area contributed by atoms with Crippen molar-refractivity contribution in [2.75, 3.05) is 24.9 Å². The molecule has 1 aliphatic carbocycles. The summed E-state index contributed by atoms with van der Waals surface area (Å²) in [6.07, 6.45) is 4.11. The fraction of sp³-hybridized carbons (Fsp3) is 0.375. The van der Waals surface area contributed by atoms with Crippen LogP contribution in [0.2, 0.25) is 0 Å². The minimum atomic E-state index is -0.321. The number of fused-ring (bicyclic) bond motifs is 1. The van der Waals surface area contributed by atoms with Gasteiger partial charge < -0.3 is 20.1 Å². The molecule has 0 saturated carbocycles. The quantitative estimate of drug-likeness (QED) is 0.373. The first-order chi connectivity index (χ1) is 15.9. The maximum absolute atomic E-state index is 12.5. The number of aromatic nitrogens is 2. The van der Waals surface area contributed by atoms with Crippen LogP contribution in [0.1, 0.15) is 50.6 Å². The van der Waals surface area contributed by atoms with Crippen LogP contribution in [0.5, 0.6) is 5.75 Å². The highest BCUT2D eigenvalue weighted by Crippen LogP contribution is 2.38. The van der Waals surface area contributed by atoms with Gasteiger partial charge in [0, 0.05) is 4.88 Å². The first kappa shape index (κ1) is 23.3. The summed E-state index contributed by atoms with van der Waals surface area (Å²) in [6.45, 7) is 4.58. The minimum absolute atomic E-state index is 0.321. The van der Waals surface area contributed by atoms with Crippen molar-refractivity contribution in [2.45, 2.75) is 46.1 Å². The molecular formula is C24H28N4O3S2. The first-order valence-electron chi connectivity index (χ1n) is 10.9. The Morgan fingerprint density at radius 3 is 2.76 bits per heavy atom. The number of thiocarbonyl (C=S) groups is 1. The standard InChI is InChI=1S/C24H28N4O3S2/c1-14-21(15(2)28(27-14)13-16-8-7-9-17(12-16)30-3)25-24(32)26-22-20(23(29)31-4)18-10-5-6-11-19(18)33-22/h7-9,12H,5-6,10-11,13H2,1-4H3,(H2,25,26,32). The molecule has 2 heterocycles. The Kier molecular flexibility index (Phi) is 6.99. The second-order valence-electron chi connectivity index (χ2n) is 8.04. The van der Waals surface area contributed by atoms with Crippen LogP contribution in [0.4, 0.5) is 10.7 Å². The van der Waals surface area contributed by atoms with Crippen LogP contribution in [0.15, 0.2) is 24.3 Å². The highest BCUT2D eigenvalue weighted by Gasteiger charge is 2.26. The van der Waals surface area contributed by atoms with Crippen molar-refractivity contribution in [1.82, 2.24) is 9.78 Å². The van der Waals surface area contributed by atoms with Crippen molar-refractivity contribution in [3.8, 4) is 5.75 Å². The average Bonchev–Trinajstić information content (AvgIpc) is 3.30. The van der Waals surface area contributed by atoms with Gasteiger partial charge in [0.1, 0.15) is 10.8 Å². The van der Waals surface area contributed by atoms with Gasteiger partial charge in [0.15, 0.2) is 5.11 Å². The van der Waals surface area contributed by atoms with Crippen LogP contribution in [-0.4, -0.2) is 35.1 Å². The molecule has 7 nitrogen and oxygen atoms in total. The molecule has 0 atom stereocenters. The van der Waals surface area contributed by atoms with Crippen molar-refractivity contribution >= 4 is 45.3 Å². The lowest BCUT2D eigenvalue weighted by molar-refractivity contribution is 0.0601. The van der Waals surface area contributed by atoms with Crippen molar-refractivity contribution in [3.05, 3.63) is 57.2 Å². The molecule has 1 aromatic carbocycles. The molecule has 0 fully saturated rings. The molecule has 0 bridgehead atoms. The number of ether oxygens (including phenoxy) is 2. The van der Waals surface area contributed by atoms with Gasteiger partial charge in [-0.1, -0.05) is 12.1 Å². The lowest BCUT2D eigenvalue weighted by atomic mass is 9.95. The number of nitrogens with one attached hydrogen (secondary N) is 2. The molecule has 9 heteroatoms. The normalized spacial score (nSPS) is 12.7. The largest absolute Gasteiger partial charge is 0.497 e. The molecular weight excluding hydrogens is 456 g/mol. The van der Waals surface area contributed by atoms with Crippen molar-refractivity contribution in [1.29, 1.82) is 0 Å². The number of nitrogens with zero attached hydrogens (tertiary/aromatic N) is 2. The van der Waals surface area contributed by atoms with E-state index in [0.717, 1.165) is 64.6 Å².